The van der Waals surface area contributed by atoms with Crippen LogP contribution < -0.4 is 5.73 Å². The fourth-order valence-electron chi connectivity index (χ4n) is 2.71. The number of benzene rings is 1. The Morgan fingerprint density at radius 2 is 1.93 bits per heavy atom. The van der Waals surface area contributed by atoms with Gasteiger partial charge in [0, 0.05) is 6.04 Å². The van der Waals surface area contributed by atoms with Crippen LogP contribution in [0.4, 0.5) is 0 Å². The third-order valence-electron chi connectivity index (χ3n) is 3.52. The van der Waals surface area contributed by atoms with Crippen LogP contribution in [0.3, 0.4) is 0 Å². The van der Waals surface area contributed by atoms with Gasteiger partial charge in [0.2, 0.25) is 0 Å². The van der Waals surface area contributed by atoms with E-state index in [4.69, 9.17) is 5.73 Å². The first-order chi connectivity index (χ1) is 6.61. The maximum absolute atomic E-state index is 6.03. The Morgan fingerprint density at radius 1 is 1.29 bits per heavy atom. The Labute approximate surface area is 86.3 Å². The summed E-state index contributed by atoms with van der Waals surface area (Å²) < 4.78 is 0. The molecule has 0 radical (unpaired) electrons. The van der Waals surface area contributed by atoms with Gasteiger partial charge in [0.15, 0.2) is 0 Å². The van der Waals surface area contributed by atoms with E-state index in [0.717, 1.165) is 0 Å². The van der Waals surface area contributed by atoms with Crippen molar-refractivity contribution in [3.63, 3.8) is 0 Å². The molecule has 1 aromatic rings. The maximum Gasteiger partial charge on any atom is 0.00796 e. The summed E-state index contributed by atoms with van der Waals surface area (Å²) in [6.07, 6.45) is 2.45. The first kappa shape index (κ1) is 9.72. The zero-order valence-electron chi connectivity index (χ0n) is 9.30. The number of hydrogen-bond acceptors (Lipinski definition) is 1. The SMILES string of the molecule is Cc1ccc(C)c2c1CCC2C(C)N. The van der Waals surface area contributed by atoms with Crippen LogP contribution in [0.15, 0.2) is 12.1 Å². The Kier molecular flexibility index (Phi) is 2.36. The van der Waals surface area contributed by atoms with Crippen LogP contribution >= 0.6 is 0 Å². The molecule has 1 heteroatoms. The van der Waals surface area contributed by atoms with Crippen molar-refractivity contribution in [2.45, 2.75) is 45.6 Å². The highest BCUT2D eigenvalue weighted by Crippen LogP contribution is 2.38. The zero-order valence-corrected chi connectivity index (χ0v) is 9.30. The second-order valence-corrected chi connectivity index (χ2v) is 4.60. The number of aryl methyl sites for hydroxylation is 2. The molecule has 1 aliphatic carbocycles. The quantitative estimate of drug-likeness (QED) is 0.722. The lowest BCUT2D eigenvalue weighted by molar-refractivity contribution is 0.562. The minimum atomic E-state index is 0.289. The number of rotatable bonds is 1. The highest BCUT2D eigenvalue weighted by Gasteiger charge is 2.27. The van der Waals surface area contributed by atoms with Gasteiger partial charge in [-0.05, 0) is 61.8 Å². The second-order valence-electron chi connectivity index (χ2n) is 4.60. The summed E-state index contributed by atoms with van der Waals surface area (Å²) in [5.41, 5.74) is 12.0. The topological polar surface area (TPSA) is 26.0 Å². The molecule has 14 heavy (non-hydrogen) atoms. The molecule has 1 nitrogen and oxygen atoms in total. The fourth-order valence-corrected chi connectivity index (χ4v) is 2.71. The normalized spacial score (nSPS) is 22.1. The third-order valence-corrected chi connectivity index (χ3v) is 3.52. The van der Waals surface area contributed by atoms with Gasteiger partial charge in [-0.25, -0.2) is 0 Å². The van der Waals surface area contributed by atoms with Gasteiger partial charge < -0.3 is 5.73 Å². The average Bonchev–Trinajstić information content (AvgIpc) is 2.56. The van der Waals surface area contributed by atoms with E-state index < -0.39 is 0 Å². The van der Waals surface area contributed by atoms with Crippen LogP contribution in [0.5, 0.6) is 0 Å². The standard InChI is InChI=1S/C13H19N/c1-8-4-5-9(2)13-11(8)6-7-12(13)10(3)14/h4-5,10,12H,6-7,14H2,1-3H3. The Morgan fingerprint density at radius 3 is 2.57 bits per heavy atom. The number of fused-ring (bicyclic) bond motifs is 1. The molecule has 0 fully saturated rings. The molecule has 2 rings (SSSR count). The molecule has 0 aromatic heterocycles. The van der Waals surface area contributed by atoms with Crippen molar-refractivity contribution in [3.8, 4) is 0 Å². The lowest BCUT2D eigenvalue weighted by Gasteiger charge is -2.18. The van der Waals surface area contributed by atoms with Crippen LogP contribution in [0, 0.1) is 13.8 Å². The molecule has 0 bridgehead atoms. The van der Waals surface area contributed by atoms with Gasteiger partial charge in [0.05, 0.1) is 0 Å². The molecule has 76 valence electrons. The van der Waals surface area contributed by atoms with Gasteiger partial charge in [-0.15, -0.1) is 0 Å². The fraction of sp³-hybridized carbons (Fsp3) is 0.538. The number of nitrogens with two attached hydrogens (primary N) is 1. The highest BCUT2D eigenvalue weighted by molar-refractivity contribution is 5.46. The van der Waals surface area contributed by atoms with E-state index in [1.807, 2.05) is 0 Å². The molecule has 2 N–H and O–H groups in total. The Bertz CT molecular complexity index is 352. The molecule has 0 aliphatic heterocycles. The molecule has 0 saturated heterocycles. The predicted molar refractivity (Wildman–Crippen MR) is 60.6 cm³/mol. The van der Waals surface area contributed by atoms with Crippen LogP contribution in [0.2, 0.25) is 0 Å². The van der Waals surface area contributed by atoms with Gasteiger partial charge >= 0.3 is 0 Å². The summed E-state index contributed by atoms with van der Waals surface area (Å²) in [6, 6.07) is 4.75. The lowest BCUT2D eigenvalue weighted by atomic mass is 9.90. The average molecular weight is 189 g/mol. The molecular formula is C13H19N. The van der Waals surface area contributed by atoms with Crippen molar-refractivity contribution >= 4 is 0 Å². The van der Waals surface area contributed by atoms with Crippen molar-refractivity contribution in [1.82, 2.24) is 0 Å². The van der Waals surface area contributed by atoms with Gasteiger partial charge in [-0.2, -0.15) is 0 Å². The van der Waals surface area contributed by atoms with Crippen molar-refractivity contribution in [2.75, 3.05) is 0 Å². The van der Waals surface area contributed by atoms with E-state index in [9.17, 15) is 0 Å². The molecule has 1 aromatic carbocycles. The van der Waals surface area contributed by atoms with E-state index in [-0.39, 0.29) is 6.04 Å². The van der Waals surface area contributed by atoms with E-state index in [2.05, 4.69) is 32.9 Å². The van der Waals surface area contributed by atoms with Crippen molar-refractivity contribution in [3.05, 3.63) is 34.4 Å². The molecule has 0 saturated carbocycles. The first-order valence-corrected chi connectivity index (χ1v) is 5.46. The smallest absolute Gasteiger partial charge is 0.00796 e. The van der Waals surface area contributed by atoms with E-state index >= 15 is 0 Å². The molecular weight excluding hydrogens is 170 g/mol. The Hall–Kier alpha value is -0.820. The minimum Gasteiger partial charge on any atom is -0.327 e. The summed E-state index contributed by atoms with van der Waals surface area (Å²) in [6.45, 7) is 6.54. The molecule has 2 atom stereocenters. The van der Waals surface area contributed by atoms with Crippen LogP contribution in [-0.4, -0.2) is 6.04 Å². The minimum absolute atomic E-state index is 0.289. The summed E-state index contributed by atoms with van der Waals surface area (Å²) >= 11 is 0. The van der Waals surface area contributed by atoms with Gasteiger partial charge in [-0.1, -0.05) is 12.1 Å². The van der Waals surface area contributed by atoms with Crippen LogP contribution in [-0.2, 0) is 6.42 Å². The van der Waals surface area contributed by atoms with Crippen LogP contribution in [0.1, 0.15) is 41.5 Å². The predicted octanol–water partition coefficient (Wildman–Crippen LogP) is 2.68. The summed E-state index contributed by atoms with van der Waals surface area (Å²) in [7, 11) is 0. The number of hydrogen-bond donors (Lipinski definition) is 1. The first-order valence-electron chi connectivity index (χ1n) is 5.46. The molecule has 1 aliphatic rings. The maximum atomic E-state index is 6.03. The summed E-state index contributed by atoms with van der Waals surface area (Å²) in [5, 5.41) is 0. The van der Waals surface area contributed by atoms with Gasteiger partial charge in [0.25, 0.3) is 0 Å². The van der Waals surface area contributed by atoms with Crippen molar-refractivity contribution < 1.29 is 0 Å². The van der Waals surface area contributed by atoms with Crippen LogP contribution in [0.25, 0.3) is 0 Å². The third kappa shape index (κ3) is 1.36. The van der Waals surface area contributed by atoms with Gasteiger partial charge in [-0.3, -0.25) is 0 Å². The van der Waals surface area contributed by atoms with Gasteiger partial charge in [0.1, 0.15) is 0 Å². The zero-order chi connectivity index (χ0) is 10.3. The molecule has 2 unspecified atom stereocenters. The van der Waals surface area contributed by atoms with E-state index in [1.165, 1.54) is 24.0 Å². The second kappa shape index (κ2) is 3.39. The molecule has 0 heterocycles. The molecule has 0 spiro atoms. The lowest BCUT2D eigenvalue weighted by Crippen LogP contribution is -2.23. The van der Waals surface area contributed by atoms with E-state index in [0.29, 0.717) is 5.92 Å². The Balaban J connectivity index is 2.53. The highest BCUT2D eigenvalue weighted by atomic mass is 14.6. The largest absolute Gasteiger partial charge is 0.327 e. The van der Waals surface area contributed by atoms with Crippen molar-refractivity contribution in [1.29, 1.82) is 0 Å². The summed E-state index contributed by atoms with van der Waals surface area (Å²) in [5.74, 6) is 0.588. The molecule has 0 amide bonds. The van der Waals surface area contributed by atoms with E-state index in [1.54, 1.807) is 11.1 Å². The monoisotopic (exact) mass is 189 g/mol. The van der Waals surface area contributed by atoms with Crippen molar-refractivity contribution in [2.24, 2.45) is 5.73 Å². The summed E-state index contributed by atoms with van der Waals surface area (Å²) in [4.78, 5) is 0.